The van der Waals surface area contributed by atoms with Crippen molar-refractivity contribution in [3.63, 3.8) is 0 Å². The molecule has 0 bridgehead atoms. The van der Waals surface area contributed by atoms with Gasteiger partial charge in [-0.1, -0.05) is 48.5 Å². The highest BCUT2D eigenvalue weighted by Crippen LogP contribution is 2.27. The molecule has 0 saturated carbocycles. The first-order valence-electron chi connectivity index (χ1n) is 8.68. The molecule has 0 amide bonds. The largest absolute Gasteiger partial charge is 0.469 e. The molecule has 0 fully saturated rings. The number of methoxy groups -OCH3 is 1. The zero-order chi connectivity index (χ0) is 19.1. The lowest BCUT2D eigenvalue weighted by molar-refractivity contribution is -0.141. The lowest BCUT2D eigenvalue weighted by Crippen LogP contribution is -2.20. The fraction of sp³-hybridized carbons (Fsp3) is 0.350. The molecule has 140 valence electrons. The summed E-state index contributed by atoms with van der Waals surface area (Å²) in [5.74, 6) is -0.209. The summed E-state index contributed by atoms with van der Waals surface area (Å²) >= 11 is 0. The predicted octanol–water partition coefficient (Wildman–Crippen LogP) is 1.80. The minimum absolute atomic E-state index is 0.0255. The van der Waals surface area contributed by atoms with Crippen molar-refractivity contribution in [1.82, 2.24) is 0 Å². The quantitative estimate of drug-likeness (QED) is 0.421. The van der Waals surface area contributed by atoms with Crippen molar-refractivity contribution in [2.45, 2.75) is 37.5 Å². The number of benzene rings is 2. The molecule has 6 heteroatoms. The fourth-order valence-corrected chi connectivity index (χ4v) is 2.94. The molecular formula is C20H28N4O2. The first kappa shape index (κ1) is 20.1. The van der Waals surface area contributed by atoms with E-state index in [9.17, 15) is 4.79 Å². The number of hydrogen-bond donors (Lipinski definition) is 4. The molecule has 0 saturated heterocycles. The Hall–Kier alpha value is -2.25. The van der Waals surface area contributed by atoms with Gasteiger partial charge in [0.2, 0.25) is 0 Å². The number of hydrogen-bond acceptors (Lipinski definition) is 6. The molecule has 0 aliphatic rings. The van der Waals surface area contributed by atoms with Gasteiger partial charge in [-0.3, -0.25) is 4.79 Å². The molecule has 0 aliphatic heterocycles. The fourth-order valence-electron chi connectivity index (χ4n) is 2.94. The van der Waals surface area contributed by atoms with Crippen molar-refractivity contribution < 1.29 is 9.53 Å². The van der Waals surface area contributed by atoms with E-state index in [-0.39, 0.29) is 11.9 Å². The highest BCUT2D eigenvalue weighted by Gasteiger charge is 2.18. The van der Waals surface area contributed by atoms with Crippen LogP contribution in [0.15, 0.2) is 48.5 Å². The zero-order valence-electron chi connectivity index (χ0n) is 15.1. The van der Waals surface area contributed by atoms with Crippen molar-refractivity contribution in [3.05, 3.63) is 70.8 Å². The van der Waals surface area contributed by atoms with Gasteiger partial charge < -0.3 is 27.7 Å². The second-order valence-electron chi connectivity index (χ2n) is 6.48. The molecule has 8 N–H and O–H groups in total. The second-order valence-corrected chi connectivity index (χ2v) is 6.48. The Bertz CT molecular complexity index is 714. The van der Waals surface area contributed by atoms with Crippen LogP contribution in [0.1, 0.15) is 53.3 Å². The number of rotatable bonds is 8. The van der Waals surface area contributed by atoms with E-state index in [4.69, 9.17) is 27.7 Å². The molecule has 1 unspecified atom stereocenters. The number of nitrogens with two attached hydrogens (primary N) is 4. The van der Waals surface area contributed by atoms with Crippen molar-refractivity contribution in [2.75, 3.05) is 7.11 Å². The van der Waals surface area contributed by atoms with Gasteiger partial charge in [0, 0.05) is 0 Å². The summed E-state index contributed by atoms with van der Waals surface area (Å²) in [5, 5.41) is 0. The summed E-state index contributed by atoms with van der Waals surface area (Å²) in [7, 11) is 1.40. The molecule has 1 atom stereocenters. The smallest absolute Gasteiger partial charge is 0.306 e. The minimum Gasteiger partial charge on any atom is -0.469 e. The third-order valence-electron chi connectivity index (χ3n) is 4.55. The number of aryl methyl sites for hydroxylation is 1. The van der Waals surface area contributed by atoms with E-state index in [1.165, 1.54) is 7.11 Å². The minimum atomic E-state index is -0.540. The second kappa shape index (κ2) is 9.45. The molecule has 2 aromatic rings. The molecule has 0 radical (unpaired) electrons. The number of carbonyl (C=O) groups excluding carboxylic acids is 1. The molecule has 2 aromatic carbocycles. The average molecular weight is 356 g/mol. The van der Waals surface area contributed by atoms with E-state index in [1.807, 2.05) is 48.5 Å². The van der Waals surface area contributed by atoms with Gasteiger partial charge >= 0.3 is 5.97 Å². The van der Waals surface area contributed by atoms with Gasteiger partial charge in [-0.15, -0.1) is 0 Å². The summed E-state index contributed by atoms with van der Waals surface area (Å²) in [5.41, 5.74) is 26.9. The molecule has 0 aromatic heterocycles. The van der Waals surface area contributed by atoms with E-state index < -0.39 is 12.3 Å². The van der Waals surface area contributed by atoms with Crippen molar-refractivity contribution in [1.29, 1.82) is 0 Å². The molecule has 26 heavy (non-hydrogen) atoms. The van der Waals surface area contributed by atoms with Gasteiger partial charge in [-0.05, 0) is 41.0 Å². The summed E-state index contributed by atoms with van der Waals surface area (Å²) in [6, 6.07) is 15.7. The predicted molar refractivity (Wildman–Crippen MR) is 103 cm³/mol. The van der Waals surface area contributed by atoms with Crippen LogP contribution in [0.4, 0.5) is 0 Å². The summed E-state index contributed by atoms with van der Waals surface area (Å²) in [6.07, 6.45) is 0.916. The van der Waals surface area contributed by atoms with Crippen molar-refractivity contribution >= 4 is 5.97 Å². The number of esters is 1. The molecule has 0 heterocycles. The van der Waals surface area contributed by atoms with Crippen LogP contribution in [-0.4, -0.2) is 13.1 Å². The van der Waals surface area contributed by atoms with E-state index in [1.54, 1.807) is 0 Å². The summed E-state index contributed by atoms with van der Waals surface area (Å²) in [4.78, 5) is 11.8. The van der Waals surface area contributed by atoms with E-state index in [0.29, 0.717) is 6.42 Å². The highest BCUT2D eigenvalue weighted by atomic mass is 16.5. The van der Waals surface area contributed by atoms with Crippen LogP contribution in [0.3, 0.4) is 0 Å². The lowest BCUT2D eigenvalue weighted by Gasteiger charge is -2.18. The Morgan fingerprint density at radius 3 is 2.12 bits per heavy atom. The van der Waals surface area contributed by atoms with Gasteiger partial charge in [-0.2, -0.15) is 0 Å². The van der Waals surface area contributed by atoms with Crippen LogP contribution in [0.5, 0.6) is 0 Å². The van der Waals surface area contributed by atoms with Crippen LogP contribution in [-0.2, 0) is 16.0 Å². The van der Waals surface area contributed by atoms with Gasteiger partial charge in [0.25, 0.3) is 0 Å². The Morgan fingerprint density at radius 2 is 1.54 bits per heavy atom. The standard InChI is InChI=1S/C20H28N4O2/c1-26-18(25)12-16(15-3-2-4-17(11-15)20(23)24)10-7-13-5-8-14(9-6-13)19(21)22/h2-6,8-9,11,16,19-20H,7,10,12,21-24H2,1H3. The molecule has 0 spiro atoms. The molecule has 0 aliphatic carbocycles. The van der Waals surface area contributed by atoms with Crippen LogP contribution in [0.2, 0.25) is 0 Å². The maximum Gasteiger partial charge on any atom is 0.306 e. The van der Waals surface area contributed by atoms with Crippen LogP contribution < -0.4 is 22.9 Å². The average Bonchev–Trinajstić information content (AvgIpc) is 2.65. The van der Waals surface area contributed by atoms with Crippen molar-refractivity contribution in [3.8, 4) is 0 Å². The molecular weight excluding hydrogens is 328 g/mol. The van der Waals surface area contributed by atoms with Gasteiger partial charge in [0.15, 0.2) is 0 Å². The Morgan fingerprint density at radius 1 is 0.923 bits per heavy atom. The monoisotopic (exact) mass is 356 g/mol. The Labute approximate surface area is 154 Å². The van der Waals surface area contributed by atoms with E-state index in [0.717, 1.165) is 35.1 Å². The molecule has 6 nitrogen and oxygen atoms in total. The summed E-state index contributed by atoms with van der Waals surface area (Å²) < 4.78 is 4.86. The number of ether oxygens (including phenoxy) is 1. The SMILES string of the molecule is COC(=O)CC(CCc1ccc(C(N)N)cc1)c1cccc(C(N)N)c1. The number of carbonyl (C=O) groups is 1. The third-order valence-corrected chi connectivity index (χ3v) is 4.55. The third kappa shape index (κ3) is 5.64. The lowest BCUT2D eigenvalue weighted by atomic mass is 9.88. The first-order valence-corrected chi connectivity index (χ1v) is 8.68. The normalized spacial score (nSPS) is 12.4. The topological polar surface area (TPSA) is 130 Å². The van der Waals surface area contributed by atoms with Gasteiger partial charge in [-0.25, -0.2) is 0 Å². The molecule has 2 rings (SSSR count). The van der Waals surface area contributed by atoms with Crippen LogP contribution >= 0.6 is 0 Å². The maximum atomic E-state index is 11.8. The van der Waals surface area contributed by atoms with Gasteiger partial charge in [0.1, 0.15) is 0 Å². The Kier molecular flexibility index (Phi) is 7.29. The maximum absolute atomic E-state index is 11.8. The zero-order valence-corrected chi connectivity index (χ0v) is 15.1. The van der Waals surface area contributed by atoms with Crippen LogP contribution in [0.25, 0.3) is 0 Å². The van der Waals surface area contributed by atoms with Gasteiger partial charge in [0.05, 0.1) is 25.9 Å². The van der Waals surface area contributed by atoms with E-state index in [2.05, 4.69) is 0 Å². The Balaban J connectivity index is 2.14. The van der Waals surface area contributed by atoms with Crippen molar-refractivity contribution in [2.24, 2.45) is 22.9 Å². The summed E-state index contributed by atoms with van der Waals surface area (Å²) in [6.45, 7) is 0. The first-order chi connectivity index (χ1) is 12.4. The van der Waals surface area contributed by atoms with E-state index >= 15 is 0 Å². The highest BCUT2D eigenvalue weighted by molar-refractivity contribution is 5.70. The van der Waals surface area contributed by atoms with Crippen LogP contribution in [0, 0.1) is 0 Å².